The van der Waals surface area contributed by atoms with E-state index in [0.717, 1.165) is 44.5 Å². The van der Waals surface area contributed by atoms with Gasteiger partial charge in [-0.3, -0.25) is 19.2 Å². The number of fused-ring (bicyclic) bond motifs is 3. The Morgan fingerprint density at radius 2 is 0.557 bits per heavy atom. The standard InChI is InChI=1S/C57H42O4/c1-35-17-5-9-21-45(35)53(58)39-29-40(54(59)46-22-10-6-18-36(46)2)32-43(31-39)57(51-27-15-13-25-49(51)50-26-14-16-28-52(50)57)44-33-41(55(60)47-23-11-7-19-37(47)3)30-42(34-44)56(61)48-24-12-8-20-38(48)4/h5-34H,1-4H3. The van der Waals surface area contributed by atoms with Gasteiger partial charge in [0.05, 0.1) is 5.41 Å². The van der Waals surface area contributed by atoms with Gasteiger partial charge in [-0.25, -0.2) is 0 Å². The number of hydrogen-bond donors (Lipinski definition) is 0. The predicted molar refractivity (Wildman–Crippen MR) is 242 cm³/mol. The lowest BCUT2D eigenvalue weighted by atomic mass is 9.66. The van der Waals surface area contributed by atoms with Gasteiger partial charge < -0.3 is 0 Å². The number of ketones is 4. The molecule has 0 unspecified atom stereocenters. The molecule has 8 aromatic rings. The van der Waals surface area contributed by atoms with Gasteiger partial charge >= 0.3 is 0 Å². The highest BCUT2D eigenvalue weighted by molar-refractivity contribution is 6.16. The lowest BCUT2D eigenvalue weighted by Gasteiger charge is -2.35. The lowest BCUT2D eigenvalue weighted by molar-refractivity contribution is 0.102. The van der Waals surface area contributed by atoms with Crippen molar-refractivity contribution in [3.8, 4) is 11.1 Å². The van der Waals surface area contributed by atoms with Crippen LogP contribution in [0.1, 0.15) is 108 Å². The van der Waals surface area contributed by atoms with Crippen molar-refractivity contribution < 1.29 is 19.2 Å². The molecule has 0 amide bonds. The average Bonchev–Trinajstić information content (AvgIpc) is 3.59. The van der Waals surface area contributed by atoms with Gasteiger partial charge in [0.25, 0.3) is 0 Å². The zero-order valence-corrected chi connectivity index (χ0v) is 34.5. The van der Waals surface area contributed by atoms with Crippen molar-refractivity contribution in [1.29, 1.82) is 0 Å². The van der Waals surface area contributed by atoms with Crippen molar-refractivity contribution in [2.24, 2.45) is 0 Å². The number of aryl methyl sites for hydroxylation is 4. The minimum Gasteiger partial charge on any atom is -0.289 e. The molecule has 0 radical (unpaired) electrons. The minimum absolute atomic E-state index is 0.215. The van der Waals surface area contributed by atoms with Crippen LogP contribution in [0.3, 0.4) is 0 Å². The van der Waals surface area contributed by atoms with Crippen LogP contribution >= 0.6 is 0 Å². The number of hydrogen-bond acceptors (Lipinski definition) is 4. The summed E-state index contributed by atoms with van der Waals surface area (Å²) in [6.45, 7) is 7.63. The Hall–Kier alpha value is -7.56. The first-order chi connectivity index (χ1) is 29.6. The van der Waals surface area contributed by atoms with Crippen molar-refractivity contribution in [2.45, 2.75) is 33.1 Å². The van der Waals surface area contributed by atoms with E-state index < -0.39 is 5.41 Å². The molecule has 0 bridgehead atoms. The van der Waals surface area contributed by atoms with Gasteiger partial charge in [0.2, 0.25) is 0 Å². The Kier molecular flexibility index (Phi) is 9.93. The molecule has 0 fully saturated rings. The van der Waals surface area contributed by atoms with Crippen molar-refractivity contribution in [3.05, 3.63) is 271 Å². The van der Waals surface area contributed by atoms with Gasteiger partial charge in [0, 0.05) is 44.5 Å². The van der Waals surface area contributed by atoms with Crippen LogP contribution in [0.4, 0.5) is 0 Å². The smallest absolute Gasteiger partial charge is 0.193 e. The molecule has 1 aliphatic rings. The van der Waals surface area contributed by atoms with Crippen molar-refractivity contribution >= 4 is 23.1 Å². The highest BCUT2D eigenvalue weighted by Crippen LogP contribution is 2.56. The fourth-order valence-electron chi connectivity index (χ4n) is 9.17. The van der Waals surface area contributed by atoms with E-state index in [2.05, 4.69) is 24.3 Å². The van der Waals surface area contributed by atoms with Gasteiger partial charge in [-0.05, 0) is 120 Å². The van der Waals surface area contributed by atoms with E-state index in [0.29, 0.717) is 55.6 Å². The van der Waals surface area contributed by atoms with Crippen LogP contribution < -0.4 is 0 Å². The van der Waals surface area contributed by atoms with Gasteiger partial charge in [0.15, 0.2) is 23.1 Å². The van der Waals surface area contributed by atoms with E-state index in [1.54, 1.807) is 12.1 Å². The zero-order chi connectivity index (χ0) is 42.4. The summed E-state index contributed by atoms with van der Waals surface area (Å²) in [7, 11) is 0. The van der Waals surface area contributed by atoms with E-state index in [1.165, 1.54) is 0 Å². The lowest BCUT2D eigenvalue weighted by Crippen LogP contribution is -2.30. The highest BCUT2D eigenvalue weighted by Gasteiger charge is 2.47. The molecule has 0 aromatic heterocycles. The quantitative estimate of drug-likeness (QED) is 0.129. The van der Waals surface area contributed by atoms with Gasteiger partial charge in [-0.1, -0.05) is 146 Å². The number of rotatable bonds is 10. The molecule has 0 atom stereocenters. The van der Waals surface area contributed by atoms with E-state index >= 15 is 0 Å². The van der Waals surface area contributed by atoms with E-state index in [-0.39, 0.29) is 23.1 Å². The largest absolute Gasteiger partial charge is 0.289 e. The fourth-order valence-corrected chi connectivity index (χ4v) is 9.17. The number of benzene rings is 8. The third-order valence-corrected chi connectivity index (χ3v) is 12.3. The van der Waals surface area contributed by atoms with Crippen LogP contribution in [-0.2, 0) is 5.41 Å². The Balaban J connectivity index is 1.41. The summed E-state index contributed by atoms with van der Waals surface area (Å²) < 4.78 is 0. The van der Waals surface area contributed by atoms with Crippen molar-refractivity contribution in [2.75, 3.05) is 0 Å². The van der Waals surface area contributed by atoms with Crippen LogP contribution in [0, 0.1) is 27.7 Å². The molecule has 9 rings (SSSR count). The summed E-state index contributed by atoms with van der Waals surface area (Å²) in [5, 5.41) is 0. The molecular weight excluding hydrogens is 749 g/mol. The van der Waals surface area contributed by atoms with Gasteiger partial charge in [-0.2, -0.15) is 0 Å². The second kappa shape index (κ2) is 15.6. The first kappa shape index (κ1) is 38.9. The summed E-state index contributed by atoms with van der Waals surface area (Å²) in [6.07, 6.45) is 0. The second-order valence-corrected chi connectivity index (χ2v) is 16.0. The molecule has 0 aliphatic heterocycles. The third-order valence-electron chi connectivity index (χ3n) is 12.3. The molecule has 294 valence electrons. The van der Waals surface area contributed by atoms with Crippen LogP contribution in [0.25, 0.3) is 11.1 Å². The molecule has 4 heteroatoms. The van der Waals surface area contributed by atoms with E-state index in [4.69, 9.17) is 0 Å². The Morgan fingerprint density at radius 3 is 0.836 bits per heavy atom. The molecule has 0 saturated carbocycles. The van der Waals surface area contributed by atoms with Crippen molar-refractivity contribution in [1.82, 2.24) is 0 Å². The maximum atomic E-state index is 14.8. The number of carbonyl (C=O) groups is 4. The molecule has 8 aromatic carbocycles. The molecule has 4 nitrogen and oxygen atoms in total. The SMILES string of the molecule is Cc1ccccc1C(=O)c1cc(C(=O)c2ccccc2C)cc(C2(c3cc(C(=O)c4ccccc4C)cc(C(=O)c4ccccc4C)c3)c3ccccc3-c3ccccc32)c1. The maximum absolute atomic E-state index is 14.8. The molecule has 1 aliphatic carbocycles. The van der Waals surface area contributed by atoms with Gasteiger partial charge in [-0.15, -0.1) is 0 Å². The highest BCUT2D eigenvalue weighted by atomic mass is 16.1. The Bertz CT molecular complexity index is 2750. The second-order valence-electron chi connectivity index (χ2n) is 16.0. The molecule has 61 heavy (non-hydrogen) atoms. The number of carbonyl (C=O) groups excluding carboxylic acids is 4. The normalized spacial score (nSPS) is 12.3. The zero-order valence-electron chi connectivity index (χ0n) is 34.5. The Labute approximate surface area is 356 Å². The molecule has 0 spiro atoms. The average molecular weight is 791 g/mol. The Morgan fingerprint density at radius 1 is 0.311 bits per heavy atom. The molecule has 0 saturated heterocycles. The van der Waals surface area contributed by atoms with Crippen LogP contribution in [0.15, 0.2) is 182 Å². The third kappa shape index (κ3) is 6.58. The van der Waals surface area contributed by atoms with Crippen LogP contribution in [0.5, 0.6) is 0 Å². The van der Waals surface area contributed by atoms with Crippen LogP contribution in [-0.4, -0.2) is 23.1 Å². The summed E-state index contributed by atoms with van der Waals surface area (Å²) in [4.78, 5) is 59.2. The first-order valence-electron chi connectivity index (χ1n) is 20.5. The van der Waals surface area contributed by atoms with Crippen LogP contribution in [0.2, 0.25) is 0 Å². The molecule has 0 N–H and O–H groups in total. The summed E-state index contributed by atoms with van der Waals surface area (Å²) in [5.74, 6) is -0.861. The van der Waals surface area contributed by atoms with Crippen molar-refractivity contribution in [3.63, 3.8) is 0 Å². The first-order valence-corrected chi connectivity index (χ1v) is 20.5. The summed E-state index contributed by atoms with van der Waals surface area (Å²) >= 11 is 0. The fraction of sp³-hybridized carbons (Fsp3) is 0.0877. The monoisotopic (exact) mass is 790 g/mol. The maximum Gasteiger partial charge on any atom is 0.193 e. The van der Waals surface area contributed by atoms with E-state index in [1.807, 2.05) is 173 Å². The topological polar surface area (TPSA) is 68.3 Å². The predicted octanol–water partition coefficient (Wildman–Crippen LogP) is 12.2. The molecule has 0 heterocycles. The summed E-state index contributed by atoms with van der Waals surface area (Å²) in [6, 6.07) is 57.2. The minimum atomic E-state index is -1.20. The summed E-state index contributed by atoms with van der Waals surface area (Å²) in [5.41, 5.74) is 10.7. The molecular formula is C57H42O4. The van der Waals surface area contributed by atoms with E-state index in [9.17, 15) is 19.2 Å². The van der Waals surface area contributed by atoms with Gasteiger partial charge in [0.1, 0.15) is 0 Å².